The van der Waals surface area contributed by atoms with Crippen LogP contribution in [0.3, 0.4) is 0 Å². The minimum Gasteiger partial charge on any atom is -0.449 e. The Bertz CT molecular complexity index is 751. The van der Waals surface area contributed by atoms with E-state index in [4.69, 9.17) is 4.42 Å². The van der Waals surface area contributed by atoms with Gasteiger partial charge in [0.15, 0.2) is 4.67 Å². The van der Waals surface area contributed by atoms with Gasteiger partial charge in [-0.15, -0.1) is 0 Å². The van der Waals surface area contributed by atoms with Crippen molar-refractivity contribution in [3.63, 3.8) is 0 Å². The SMILES string of the molecule is O=C1S/C(=C\c2cc(Br)c(Br)o2)C(=O)N1Cc1ccccc1. The predicted molar refractivity (Wildman–Crippen MR) is 92.1 cm³/mol. The number of hydrogen-bond donors (Lipinski definition) is 0. The Kier molecular flexibility index (Phi) is 4.56. The lowest BCUT2D eigenvalue weighted by Gasteiger charge is -2.11. The number of benzene rings is 1. The predicted octanol–water partition coefficient (Wildman–Crippen LogP) is 5.04. The van der Waals surface area contributed by atoms with Crippen LogP contribution >= 0.6 is 43.6 Å². The first kappa shape index (κ1) is 15.6. The molecule has 2 amide bonds. The van der Waals surface area contributed by atoms with Crippen molar-refractivity contribution in [1.82, 2.24) is 4.90 Å². The fourth-order valence-electron chi connectivity index (χ4n) is 1.97. The van der Waals surface area contributed by atoms with Crippen LogP contribution in [-0.2, 0) is 11.3 Å². The number of carbonyl (C=O) groups excluding carboxylic acids is 2. The van der Waals surface area contributed by atoms with Crippen molar-refractivity contribution in [2.24, 2.45) is 0 Å². The Morgan fingerprint density at radius 2 is 1.91 bits per heavy atom. The van der Waals surface area contributed by atoms with E-state index in [2.05, 4.69) is 31.9 Å². The van der Waals surface area contributed by atoms with Gasteiger partial charge in [-0.3, -0.25) is 14.5 Å². The fourth-order valence-corrected chi connectivity index (χ4v) is 3.39. The van der Waals surface area contributed by atoms with Crippen molar-refractivity contribution in [1.29, 1.82) is 0 Å². The first-order valence-electron chi connectivity index (χ1n) is 6.29. The molecule has 22 heavy (non-hydrogen) atoms. The quantitative estimate of drug-likeness (QED) is 0.624. The van der Waals surface area contributed by atoms with Gasteiger partial charge in [0.05, 0.1) is 15.9 Å². The number of furan rings is 1. The standard InChI is InChI=1S/C15H9Br2NO3S/c16-11-6-10(21-13(11)17)7-12-14(19)18(15(20)22-12)8-9-4-2-1-3-5-9/h1-7H,8H2/b12-7-. The summed E-state index contributed by atoms with van der Waals surface area (Å²) in [5.41, 5.74) is 0.912. The molecule has 0 atom stereocenters. The van der Waals surface area contributed by atoms with E-state index < -0.39 is 0 Å². The lowest BCUT2D eigenvalue weighted by molar-refractivity contribution is -0.123. The first-order valence-corrected chi connectivity index (χ1v) is 8.69. The molecule has 2 aromatic rings. The van der Waals surface area contributed by atoms with Gasteiger partial charge in [0.25, 0.3) is 11.1 Å². The number of hydrogen-bond acceptors (Lipinski definition) is 4. The molecule has 7 heteroatoms. The molecule has 0 spiro atoms. The summed E-state index contributed by atoms with van der Waals surface area (Å²) in [4.78, 5) is 26.0. The van der Waals surface area contributed by atoms with E-state index in [1.165, 1.54) is 4.90 Å². The minimum atomic E-state index is -0.303. The highest BCUT2D eigenvalue weighted by atomic mass is 79.9. The van der Waals surface area contributed by atoms with E-state index in [9.17, 15) is 9.59 Å². The Hall–Kier alpha value is -1.31. The van der Waals surface area contributed by atoms with Crippen molar-refractivity contribution in [2.45, 2.75) is 6.54 Å². The Balaban J connectivity index is 1.82. The maximum atomic E-state index is 12.4. The van der Waals surface area contributed by atoms with E-state index >= 15 is 0 Å². The van der Waals surface area contributed by atoms with Crippen molar-refractivity contribution >= 4 is 60.8 Å². The van der Waals surface area contributed by atoms with E-state index in [1.807, 2.05) is 30.3 Å². The third-order valence-electron chi connectivity index (χ3n) is 2.99. The molecule has 1 aliphatic rings. The van der Waals surface area contributed by atoms with E-state index in [0.717, 1.165) is 21.8 Å². The third-order valence-corrected chi connectivity index (χ3v) is 5.61. The summed E-state index contributed by atoms with van der Waals surface area (Å²) in [5, 5.41) is -0.273. The zero-order valence-electron chi connectivity index (χ0n) is 11.1. The summed E-state index contributed by atoms with van der Waals surface area (Å²) in [7, 11) is 0. The van der Waals surface area contributed by atoms with E-state index in [1.54, 1.807) is 12.1 Å². The van der Waals surface area contributed by atoms with Crippen LogP contribution in [0.1, 0.15) is 11.3 Å². The van der Waals surface area contributed by atoms with Crippen molar-refractivity contribution in [3.8, 4) is 0 Å². The van der Waals surface area contributed by atoms with Crippen molar-refractivity contribution in [3.05, 3.63) is 61.8 Å². The number of thioether (sulfide) groups is 1. The topological polar surface area (TPSA) is 50.5 Å². The summed E-state index contributed by atoms with van der Waals surface area (Å²) in [6.07, 6.45) is 1.57. The van der Waals surface area contributed by atoms with Crippen LogP contribution in [0.2, 0.25) is 0 Å². The van der Waals surface area contributed by atoms with E-state index in [0.29, 0.717) is 15.3 Å². The number of imide groups is 1. The van der Waals surface area contributed by atoms with Crippen LogP contribution in [0.15, 0.2) is 54.9 Å². The molecule has 4 nitrogen and oxygen atoms in total. The fraction of sp³-hybridized carbons (Fsp3) is 0.0667. The van der Waals surface area contributed by atoms with Crippen LogP contribution < -0.4 is 0 Å². The van der Waals surface area contributed by atoms with Gasteiger partial charge >= 0.3 is 0 Å². The summed E-state index contributed by atoms with van der Waals surface area (Å²) >= 11 is 7.47. The van der Waals surface area contributed by atoms with Crippen LogP contribution in [0.4, 0.5) is 4.79 Å². The van der Waals surface area contributed by atoms with Crippen LogP contribution in [0, 0.1) is 0 Å². The number of nitrogens with zero attached hydrogens (tertiary/aromatic N) is 1. The van der Waals surface area contributed by atoms with Gasteiger partial charge in [0.2, 0.25) is 0 Å². The van der Waals surface area contributed by atoms with Gasteiger partial charge in [0, 0.05) is 6.08 Å². The Labute approximate surface area is 147 Å². The largest absolute Gasteiger partial charge is 0.449 e. The summed E-state index contributed by atoms with van der Waals surface area (Å²) in [5.74, 6) is 0.200. The first-order chi connectivity index (χ1) is 10.5. The third kappa shape index (κ3) is 3.21. The molecule has 1 aromatic heterocycles. The van der Waals surface area contributed by atoms with Gasteiger partial charge < -0.3 is 4.42 Å². The highest BCUT2D eigenvalue weighted by molar-refractivity contribution is 9.13. The zero-order chi connectivity index (χ0) is 15.7. The Morgan fingerprint density at radius 3 is 2.55 bits per heavy atom. The smallest absolute Gasteiger partial charge is 0.293 e. The average molecular weight is 443 g/mol. The maximum absolute atomic E-state index is 12.4. The second-order valence-corrected chi connectivity index (χ2v) is 7.09. The monoisotopic (exact) mass is 441 g/mol. The number of halogens is 2. The molecular formula is C15H9Br2NO3S. The van der Waals surface area contributed by atoms with Gasteiger partial charge in [-0.1, -0.05) is 30.3 Å². The van der Waals surface area contributed by atoms with Crippen molar-refractivity contribution < 1.29 is 14.0 Å². The number of carbonyl (C=O) groups is 2. The average Bonchev–Trinajstić information content (AvgIpc) is 2.94. The molecular weight excluding hydrogens is 434 g/mol. The zero-order valence-corrected chi connectivity index (χ0v) is 15.1. The highest BCUT2D eigenvalue weighted by Crippen LogP contribution is 2.35. The molecule has 0 saturated carbocycles. The molecule has 1 aliphatic heterocycles. The van der Waals surface area contributed by atoms with Gasteiger partial charge in [0.1, 0.15) is 5.76 Å². The van der Waals surface area contributed by atoms with Gasteiger partial charge in [-0.25, -0.2) is 0 Å². The van der Waals surface area contributed by atoms with Crippen molar-refractivity contribution in [2.75, 3.05) is 0 Å². The minimum absolute atomic E-state index is 0.272. The molecule has 1 saturated heterocycles. The molecule has 0 radical (unpaired) electrons. The molecule has 0 unspecified atom stereocenters. The molecule has 0 N–H and O–H groups in total. The molecule has 1 fully saturated rings. The molecule has 0 aliphatic carbocycles. The number of rotatable bonds is 3. The second kappa shape index (κ2) is 6.44. The normalized spacial score (nSPS) is 16.8. The highest BCUT2D eigenvalue weighted by Gasteiger charge is 2.35. The van der Waals surface area contributed by atoms with Gasteiger partial charge in [-0.2, -0.15) is 0 Å². The second-order valence-electron chi connectivity index (χ2n) is 4.52. The molecule has 112 valence electrons. The molecule has 2 heterocycles. The lowest BCUT2D eigenvalue weighted by atomic mass is 10.2. The summed E-state index contributed by atoms with van der Waals surface area (Å²) in [6, 6.07) is 11.1. The summed E-state index contributed by atoms with van der Waals surface area (Å²) < 4.78 is 6.71. The van der Waals surface area contributed by atoms with Crippen LogP contribution in [0.5, 0.6) is 0 Å². The lowest BCUT2D eigenvalue weighted by Crippen LogP contribution is -2.27. The summed E-state index contributed by atoms with van der Waals surface area (Å²) in [6.45, 7) is 0.272. The molecule has 1 aromatic carbocycles. The number of amides is 2. The van der Waals surface area contributed by atoms with Crippen LogP contribution in [-0.4, -0.2) is 16.0 Å². The Morgan fingerprint density at radius 1 is 1.18 bits per heavy atom. The van der Waals surface area contributed by atoms with Crippen LogP contribution in [0.25, 0.3) is 6.08 Å². The molecule has 3 rings (SSSR count). The maximum Gasteiger partial charge on any atom is 0.293 e. The van der Waals surface area contributed by atoms with E-state index in [-0.39, 0.29) is 17.7 Å². The molecule has 0 bridgehead atoms. The van der Waals surface area contributed by atoms with Gasteiger partial charge in [-0.05, 0) is 55.3 Å².